The number of ether oxygens (including phenoxy) is 2. The summed E-state index contributed by atoms with van der Waals surface area (Å²) in [6, 6.07) is 20.3. The average Bonchev–Trinajstić information content (AvgIpc) is 3.51. The van der Waals surface area contributed by atoms with Crippen LogP contribution in [0.3, 0.4) is 0 Å². The quantitative estimate of drug-likeness (QED) is 0.214. The van der Waals surface area contributed by atoms with Gasteiger partial charge in [0, 0.05) is 12.0 Å². The van der Waals surface area contributed by atoms with Crippen molar-refractivity contribution >= 4 is 23.5 Å². The van der Waals surface area contributed by atoms with Gasteiger partial charge in [0.05, 0.1) is 27.6 Å². The van der Waals surface area contributed by atoms with E-state index in [1.165, 1.54) is 6.07 Å². The van der Waals surface area contributed by atoms with Gasteiger partial charge in [0.25, 0.3) is 5.89 Å². The standard InChI is InChI=1S/C33H28ClN3O5/c1-21-7-3-4-10-26(21)27-11-6-12-33(22(27)2,32-36-31(18-39)42-37-32)20-41-30-15-29(25(17-38)14-28(30)34)40-19-24-9-5-8-23(13-24)16-35/h3-15,17,22,39H,18-20H2,1-2H3. The molecule has 0 saturated carbocycles. The van der Waals surface area contributed by atoms with Crippen molar-refractivity contribution in [1.29, 1.82) is 5.26 Å². The molecule has 4 aromatic rings. The van der Waals surface area contributed by atoms with E-state index >= 15 is 0 Å². The minimum Gasteiger partial charge on any atom is -0.490 e. The number of aryl methyl sites for hydroxylation is 1. The highest BCUT2D eigenvalue weighted by Gasteiger charge is 2.44. The highest BCUT2D eigenvalue weighted by molar-refractivity contribution is 6.32. The Morgan fingerprint density at radius 1 is 1.14 bits per heavy atom. The summed E-state index contributed by atoms with van der Waals surface area (Å²) in [6.07, 6.45) is 6.65. The van der Waals surface area contributed by atoms with Gasteiger partial charge in [-0.2, -0.15) is 10.2 Å². The molecule has 0 amide bonds. The van der Waals surface area contributed by atoms with Crippen LogP contribution in [-0.2, 0) is 18.6 Å². The van der Waals surface area contributed by atoms with Crippen molar-refractivity contribution < 1.29 is 23.9 Å². The summed E-state index contributed by atoms with van der Waals surface area (Å²) < 4.78 is 17.6. The van der Waals surface area contributed by atoms with Crippen molar-refractivity contribution in [1.82, 2.24) is 10.1 Å². The Bertz CT molecular complexity index is 1720. The lowest BCUT2D eigenvalue weighted by atomic mass is 9.68. The third-order valence-electron chi connectivity index (χ3n) is 7.49. The van der Waals surface area contributed by atoms with Crippen molar-refractivity contribution in [2.45, 2.75) is 32.5 Å². The molecule has 2 atom stereocenters. The van der Waals surface area contributed by atoms with Crippen molar-refractivity contribution in [3.05, 3.63) is 123 Å². The summed E-state index contributed by atoms with van der Waals surface area (Å²) in [5.74, 6) is 0.894. The SMILES string of the molecule is Cc1ccccc1C1=CC=CC(COc2cc(OCc3cccc(C#N)c3)c(C=O)cc2Cl)(c2noc(CO)n2)C1C. The Kier molecular flexibility index (Phi) is 8.53. The first kappa shape index (κ1) is 28.8. The van der Waals surface area contributed by atoms with E-state index in [1.54, 1.807) is 24.3 Å². The fraction of sp³-hybridized carbons (Fsp3) is 0.212. The number of aliphatic hydroxyl groups is 1. The van der Waals surface area contributed by atoms with E-state index in [2.05, 4.69) is 48.3 Å². The van der Waals surface area contributed by atoms with Gasteiger partial charge >= 0.3 is 0 Å². The van der Waals surface area contributed by atoms with Crippen LogP contribution in [-0.4, -0.2) is 28.1 Å². The van der Waals surface area contributed by atoms with Crippen LogP contribution in [0.5, 0.6) is 11.5 Å². The van der Waals surface area contributed by atoms with Crippen LogP contribution in [0.25, 0.3) is 5.57 Å². The minimum atomic E-state index is -0.880. The Balaban J connectivity index is 1.47. The van der Waals surface area contributed by atoms with Crippen molar-refractivity contribution in [2.75, 3.05) is 6.61 Å². The Hall–Kier alpha value is -4.71. The van der Waals surface area contributed by atoms with Crippen LogP contribution in [0.2, 0.25) is 5.02 Å². The molecule has 1 aromatic heterocycles. The van der Waals surface area contributed by atoms with Gasteiger partial charge in [-0.25, -0.2) is 0 Å². The molecule has 0 radical (unpaired) electrons. The molecule has 0 aliphatic heterocycles. The molecule has 0 bridgehead atoms. The van der Waals surface area contributed by atoms with Crippen molar-refractivity contribution in [3.63, 3.8) is 0 Å². The van der Waals surface area contributed by atoms with E-state index in [9.17, 15) is 15.2 Å². The number of hydrogen-bond acceptors (Lipinski definition) is 8. The van der Waals surface area contributed by atoms with E-state index in [1.807, 2.05) is 30.4 Å². The van der Waals surface area contributed by atoms with Crippen LogP contribution in [0.4, 0.5) is 0 Å². The van der Waals surface area contributed by atoms with Gasteiger partial charge in [-0.15, -0.1) is 0 Å². The van der Waals surface area contributed by atoms with Crippen LogP contribution in [0.15, 0.2) is 83.4 Å². The number of hydrogen-bond donors (Lipinski definition) is 1. The normalized spacial score (nSPS) is 17.8. The van der Waals surface area contributed by atoms with Crippen LogP contribution >= 0.6 is 11.6 Å². The molecule has 1 aliphatic carbocycles. The lowest BCUT2D eigenvalue weighted by Crippen LogP contribution is -2.41. The van der Waals surface area contributed by atoms with Gasteiger partial charge in [-0.3, -0.25) is 4.79 Å². The molecule has 42 heavy (non-hydrogen) atoms. The molecule has 212 valence electrons. The molecule has 0 fully saturated rings. The maximum Gasteiger partial charge on any atom is 0.252 e. The van der Waals surface area contributed by atoms with E-state index in [0.717, 1.165) is 22.3 Å². The first-order valence-corrected chi connectivity index (χ1v) is 13.7. The zero-order valence-corrected chi connectivity index (χ0v) is 23.8. The number of nitriles is 1. The predicted octanol–water partition coefficient (Wildman–Crippen LogP) is 6.39. The number of carbonyl (C=O) groups excluding carboxylic acids is 1. The minimum absolute atomic E-state index is 0.0715. The van der Waals surface area contributed by atoms with Gasteiger partial charge in [-0.1, -0.05) is 78.3 Å². The number of aliphatic hydroxyl groups excluding tert-OH is 1. The molecule has 0 spiro atoms. The molecule has 1 heterocycles. The van der Waals surface area contributed by atoms with Gasteiger partial charge in [0.15, 0.2) is 12.1 Å². The van der Waals surface area contributed by atoms with E-state index in [0.29, 0.717) is 23.4 Å². The first-order chi connectivity index (χ1) is 20.4. The highest BCUT2D eigenvalue weighted by atomic mass is 35.5. The molecule has 9 heteroatoms. The molecular weight excluding hydrogens is 554 g/mol. The fourth-order valence-electron chi connectivity index (χ4n) is 5.09. The number of aromatic nitrogens is 2. The number of halogens is 1. The monoisotopic (exact) mass is 581 g/mol. The molecule has 3 aromatic carbocycles. The highest BCUT2D eigenvalue weighted by Crippen LogP contribution is 2.45. The topological polar surface area (TPSA) is 118 Å². The van der Waals surface area contributed by atoms with Crippen molar-refractivity contribution in [3.8, 4) is 17.6 Å². The molecule has 1 aliphatic rings. The number of nitrogens with zero attached hydrogens (tertiary/aromatic N) is 3. The van der Waals surface area contributed by atoms with Gasteiger partial charge in [0.1, 0.15) is 31.3 Å². The zero-order valence-electron chi connectivity index (χ0n) is 23.1. The summed E-state index contributed by atoms with van der Waals surface area (Å²) >= 11 is 6.57. The molecule has 8 nitrogen and oxygen atoms in total. The average molecular weight is 582 g/mol. The smallest absolute Gasteiger partial charge is 0.252 e. The third-order valence-corrected chi connectivity index (χ3v) is 7.79. The summed E-state index contributed by atoms with van der Waals surface area (Å²) in [5, 5.41) is 23.3. The van der Waals surface area contributed by atoms with Gasteiger partial charge < -0.3 is 19.1 Å². The van der Waals surface area contributed by atoms with Crippen molar-refractivity contribution in [2.24, 2.45) is 5.92 Å². The second-order valence-electron chi connectivity index (χ2n) is 10.1. The first-order valence-electron chi connectivity index (χ1n) is 13.3. The molecular formula is C33H28ClN3O5. The predicted molar refractivity (Wildman–Crippen MR) is 157 cm³/mol. The molecule has 5 rings (SSSR count). The maximum absolute atomic E-state index is 11.8. The number of rotatable bonds is 10. The van der Waals surface area contributed by atoms with E-state index < -0.39 is 5.41 Å². The Labute approximate surface area is 248 Å². The van der Waals surface area contributed by atoms with E-state index in [-0.39, 0.29) is 48.0 Å². The summed E-state index contributed by atoms with van der Waals surface area (Å²) in [4.78, 5) is 16.3. The molecule has 1 N–H and O–H groups in total. The summed E-state index contributed by atoms with van der Waals surface area (Å²) in [7, 11) is 0. The fourth-order valence-corrected chi connectivity index (χ4v) is 5.32. The Morgan fingerprint density at radius 2 is 1.98 bits per heavy atom. The summed E-state index contributed by atoms with van der Waals surface area (Å²) in [6.45, 7) is 3.95. The van der Waals surface area contributed by atoms with Crippen LogP contribution < -0.4 is 9.47 Å². The number of carbonyl (C=O) groups is 1. The van der Waals surface area contributed by atoms with Crippen LogP contribution in [0.1, 0.15) is 51.3 Å². The number of benzene rings is 3. The second-order valence-corrected chi connectivity index (χ2v) is 10.5. The van der Waals surface area contributed by atoms with Gasteiger partial charge in [-0.05, 0) is 47.4 Å². The molecule has 0 saturated heterocycles. The largest absolute Gasteiger partial charge is 0.490 e. The van der Waals surface area contributed by atoms with Crippen LogP contribution in [0, 0.1) is 24.2 Å². The number of allylic oxidation sites excluding steroid dienone is 3. The second kappa shape index (κ2) is 12.4. The Morgan fingerprint density at radius 3 is 2.71 bits per heavy atom. The lowest BCUT2D eigenvalue weighted by Gasteiger charge is -2.37. The van der Waals surface area contributed by atoms with E-state index in [4.69, 9.17) is 25.6 Å². The molecule has 2 unspecified atom stereocenters. The number of aldehydes is 1. The van der Waals surface area contributed by atoms with Gasteiger partial charge in [0.2, 0.25) is 0 Å². The zero-order chi connectivity index (χ0) is 29.7. The third kappa shape index (κ3) is 5.70. The maximum atomic E-state index is 11.8. The summed E-state index contributed by atoms with van der Waals surface area (Å²) in [5.41, 5.74) is 3.95. The lowest BCUT2D eigenvalue weighted by molar-refractivity contribution is 0.111.